The molecule has 0 aromatic carbocycles. The van der Waals surface area contributed by atoms with Gasteiger partial charge in [-0.05, 0) is 19.3 Å². The predicted molar refractivity (Wildman–Crippen MR) is 77.5 cm³/mol. The van der Waals surface area contributed by atoms with Gasteiger partial charge in [-0.3, -0.25) is 9.59 Å². The fourth-order valence-corrected chi connectivity index (χ4v) is 2.85. The number of unbranched alkanes of at least 4 members (excludes halogenated alkanes) is 2. The van der Waals surface area contributed by atoms with Crippen molar-refractivity contribution in [3.63, 3.8) is 0 Å². The lowest BCUT2D eigenvalue weighted by molar-refractivity contribution is -0.158. The molecular formula is C16H24O4. The monoisotopic (exact) mass is 280 g/mol. The molecule has 112 valence electrons. The lowest BCUT2D eigenvalue weighted by Gasteiger charge is -2.36. The van der Waals surface area contributed by atoms with Gasteiger partial charge < -0.3 is 10.2 Å². The van der Waals surface area contributed by atoms with Gasteiger partial charge >= 0.3 is 11.9 Å². The molecule has 2 atom stereocenters. The minimum Gasteiger partial charge on any atom is -0.481 e. The summed E-state index contributed by atoms with van der Waals surface area (Å²) in [5, 5.41) is 19.2. The molecule has 1 aliphatic carbocycles. The van der Waals surface area contributed by atoms with E-state index in [4.69, 9.17) is 0 Å². The van der Waals surface area contributed by atoms with Crippen molar-refractivity contribution in [3.05, 3.63) is 23.8 Å². The first-order valence-corrected chi connectivity index (χ1v) is 7.34. The average Bonchev–Trinajstić information content (AvgIpc) is 2.42. The van der Waals surface area contributed by atoms with E-state index in [2.05, 4.69) is 0 Å². The van der Waals surface area contributed by atoms with Gasteiger partial charge in [0.15, 0.2) is 0 Å². The molecule has 0 radical (unpaired) electrons. The number of carbonyl (C=O) groups is 2. The Bertz CT molecular complexity index is 422. The first-order valence-electron chi connectivity index (χ1n) is 7.34. The molecule has 0 aromatic rings. The fourth-order valence-electron chi connectivity index (χ4n) is 2.85. The van der Waals surface area contributed by atoms with E-state index in [0.717, 1.165) is 24.8 Å². The van der Waals surface area contributed by atoms with Crippen LogP contribution in [-0.2, 0) is 9.59 Å². The van der Waals surface area contributed by atoms with Crippen LogP contribution in [0.5, 0.6) is 0 Å². The molecule has 0 saturated heterocycles. The Labute approximate surface area is 120 Å². The molecule has 20 heavy (non-hydrogen) atoms. The SMILES string of the molecule is CCCCC1=CC=CC(CCCC)(C(=O)O)C1C(=O)O. The molecule has 1 aliphatic rings. The fraction of sp³-hybridized carbons (Fsp3) is 0.625. The molecule has 2 N–H and O–H groups in total. The first-order chi connectivity index (χ1) is 9.49. The second-order valence-electron chi connectivity index (χ2n) is 5.42. The maximum absolute atomic E-state index is 11.8. The van der Waals surface area contributed by atoms with Crippen LogP contribution in [0.1, 0.15) is 52.4 Å². The summed E-state index contributed by atoms with van der Waals surface area (Å²) in [6.45, 7) is 4.02. The van der Waals surface area contributed by atoms with Gasteiger partial charge in [0.1, 0.15) is 5.41 Å². The highest BCUT2D eigenvalue weighted by Gasteiger charge is 2.49. The second kappa shape index (κ2) is 7.27. The molecule has 2 unspecified atom stereocenters. The van der Waals surface area contributed by atoms with E-state index in [9.17, 15) is 19.8 Å². The number of hydrogen-bond acceptors (Lipinski definition) is 2. The van der Waals surface area contributed by atoms with Crippen LogP contribution in [0.4, 0.5) is 0 Å². The van der Waals surface area contributed by atoms with Crippen LogP contribution in [0, 0.1) is 11.3 Å². The summed E-state index contributed by atoms with van der Waals surface area (Å²) in [7, 11) is 0. The Kier molecular flexibility index (Phi) is 5.99. The summed E-state index contributed by atoms with van der Waals surface area (Å²) in [6, 6.07) is 0. The minimum absolute atomic E-state index is 0.371. The van der Waals surface area contributed by atoms with Gasteiger partial charge in [0, 0.05) is 0 Å². The minimum atomic E-state index is -1.29. The van der Waals surface area contributed by atoms with Crippen molar-refractivity contribution in [2.75, 3.05) is 0 Å². The van der Waals surface area contributed by atoms with Crippen LogP contribution in [0.3, 0.4) is 0 Å². The van der Waals surface area contributed by atoms with Gasteiger partial charge in [-0.15, -0.1) is 0 Å². The summed E-state index contributed by atoms with van der Waals surface area (Å²) in [5.41, 5.74) is -0.556. The number of hydrogen-bond donors (Lipinski definition) is 2. The highest BCUT2D eigenvalue weighted by molar-refractivity contribution is 5.88. The Morgan fingerprint density at radius 2 is 1.85 bits per heavy atom. The second-order valence-corrected chi connectivity index (χ2v) is 5.42. The first kappa shape index (κ1) is 16.5. The number of aliphatic carboxylic acids is 2. The van der Waals surface area contributed by atoms with E-state index in [1.807, 2.05) is 13.8 Å². The van der Waals surface area contributed by atoms with Crippen molar-refractivity contribution in [1.29, 1.82) is 0 Å². The van der Waals surface area contributed by atoms with Crippen LogP contribution in [-0.4, -0.2) is 22.2 Å². The van der Waals surface area contributed by atoms with Gasteiger partial charge in [0.05, 0.1) is 5.92 Å². The maximum atomic E-state index is 11.8. The quantitative estimate of drug-likeness (QED) is 0.712. The zero-order chi connectivity index (χ0) is 15.2. The van der Waals surface area contributed by atoms with Crippen LogP contribution in [0.25, 0.3) is 0 Å². The van der Waals surface area contributed by atoms with E-state index in [1.165, 1.54) is 0 Å². The maximum Gasteiger partial charge on any atom is 0.314 e. The molecule has 0 heterocycles. The molecule has 4 nitrogen and oxygen atoms in total. The molecule has 0 aromatic heterocycles. The molecule has 0 fully saturated rings. The third-order valence-electron chi connectivity index (χ3n) is 4.00. The molecule has 0 aliphatic heterocycles. The summed E-state index contributed by atoms with van der Waals surface area (Å²) in [6.07, 6.45) is 9.49. The number of carboxylic acids is 2. The Morgan fingerprint density at radius 3 is 2.35 bits per heavy atom. The summed E-state index contributed by atoms with van der Waals surface area (Å²) in [4.78, 5) is 23.4. The van der Waals surface area contributed by atoms with E-state index in [0.29, 0.717) is 19.3 Å². The molecular weight excluding hydrogens is 256 g/mol. The Balaban J connectivity index is 3.15. The van der Waals surface area contributed by atoms with Crippen LogP contribution in [0.2, 0.25) is 0 Å². The number of rotatable bonds is 8. The van der Waals surface area contributed by atoms with Gasteiger partial charge in [0.2, 0.25) is 0 Å². The smallest absolute Gasteiger partial charge is 0.314 e. The highest BCUT2D eigenvalue weighted by Crippen LogP contribution is 2.44. The summed E-state index contributed by atoms with van der Waals surface area (Å²) < 4.78 is 0. The molecule has 0 spiro atoms. The van der Waals surface area contributed by atoms with E-state index < -0.39 is 23.3 Å². The topological polar surface area (TPSA) is 74.6 Å². The largest absolute Gasteiger partial charge is 0.481 e. The number of carboxylic acid groups (broad SMARTS) is 2. The molecule has 0 bridgehead atoms. The van der Waals surface area contributed by atoms with Gasteiger partial charge in [-0.25, -0.2) is 0 Å². The van der Waals surface area contributed by atoms with E-state index in [-0.39, 0.29) is 0 Å². The zero-order valence-electron chi connectivity index (χ0n) is 12.3. The van der Waals surface area contributed by atoms with Crippen molar-refractivity contribution >= 4 is 11.9 Å². The van der Waals surface area contributed by atoms with E-state index >= 15 is 0 Å². The van der Waals surface area contributed by atoms with Crippen LogP contribution in [0.15, 0.2) is 23.8 Å². The highest BCUT2D eigenvalue weighted by atomic mass is 16.4. The third-order valence-corrected chi connectivity index (χ3v) is 4.00. The van der Waals surface area contributed by atoms with Crippen molar-refractivity contribution in [2.24, 2.45) is 11.3 Å². The van der Waals surface area contributed by atoms with Crippen molar-refractivity contribution < 1.29 is 19.8 Å². The van der Waals surface area contributed by atoms with Gasteiger partial charge in [-0.2, -0.15) is 0 Å². The lowest BCUT2D eigenvalue weighted by Crippen LogP contribution is -2.43. The van der Waals surface area contributed by atoms with Crippen molar-refractivity contribution in [1.82, 2.24) is 0 Å². The van der Waals surface area contributed by atoms with Crippen LogP contribution < -0.4 is 0 Å². The zero-order valence-corrected chi connectivity index (χ0v) is 12.3. The van der Waals surface area contributed by atoms with Gasteiger partial charge in [-0.1, -0.05) is 56.9 Å². The van der Waals surface area contributed by atoms with Crippen molar-refractivity contribution in [3.8, 4) is 0 Å². The third kappa shape index (κ3) is 3.30. The summed E-state index contributed by atoms with van der Waals surface area (Å²) in [5.74, 6) is -3.00. The molecule has 4 heteroatoms. The lowest BCUT2D eigenvalue weighted by atomic mass is 9.65. The average molecular weight is 280 g/mol. The Morgan fingerprint density at radius 1 is 1.20 bits per heavy atom. The summed E-state index contributed by atoms with van der Waals surface area (Å²) >= 11 is 0. The Hall–Kier alpha value is -1.58. The standard InChI is InChI=1S/C16H24O4/c1-3-5-8-12-9-7-11-16(15(19)20,10-6-4-2)13(12)14(17)18/h7,9,11,13H,3-6,8,10H2,1-2H3,(H,17,18)(H,19,20). The van der Waals surface area contributed by atoms with Gasteiger partial charge in [0.25, 0.3) is 0 Å². The number of allylic oxidation sites excluding steroid dienone is 2. The molecule has 1 rings (SSSR count). The normalized spacial score (nSPS) is 25.3. The molecule has 0 amide bonds. The van der Waals surface area contributed by atoms with Crippen molar-refractivity contribution in [2.45, 2.75) is 52.4 Å². The molecule has 0 saturated carbocycles. The van der Waals surface area contributed by atoms with Crippen LogP contribution >= 0.6 is 0 Å². The predicted octanol–water partition coefficient (Wildman–Crippen LogP) is 3.63. The van der Waals surface area contributed by atoms with E-state index in [1.54, 1.807) is 18.2 Å².